The van der Waals surface area contributed by atoms with Gasteiger partial charge in [0.1, 0.15) is 0 Å². The second-order valence-electron chi connectivity index (χ2n) is 7.26. The van der Waals surface area contributed by atoms with Crippen LogP contribution in [0.4, 0.5) is 5.69 Å². The number of carbonyl (C=O) groups excluding carboxylic acids is 2. The minimum atomic E-state index is -0.245. The van der Waals surface area contributed by atoms with E-state index in [4.69, 9.17) is 0 Å². The minimum absolute atomic E-state index is 0.0557. The van der Waals surface area contributed by atoms with E-state index in [-0.39, 0.29) is 17.7 Å². The van der Waals surface area contributed by atoms with Gasteiger partial charge in [-0.25, -0.2) is 4.98 Å². The van der Waals surface area contributed by atoms with Crippen LogP contribution in [0.25, 0.3) is 0 Å². The minimum Gasteiger partial charge on any atom is -0.339 e. The lowest BCUT2D eigenvalue weighted by atomic mass is 10.1. The Hall–Kier alpha value is -1.86. The van der Waals surface area contributed by atoms with Crippen molar-refractivity contribution >= 4 is 40.6 Å². The Bertz CT molecular complexity index is 828. The summed E-state index contributed by atoms with van der Waals surface area (Å²) >= 11 is 3.25. The summed E-state index contributed by atoms with van der Waals surface area (Å²) in [7, 11) is 0. The van der Waals surface area contributed by atoms with Crippen LogP contribution in [-0.4, -0.2) is 34.3 Å². The zero-order chi connectivity index (χ0) is 18.8. The number of carbonyl (C=O) groups is 2. The molecule has 1 aliphatic carbocycles. The van der Waals surface area contributed by atoms with Gasteiger partial charge in [-0.05, 0) is 44.0 Å². The third-order valence-electron chi connectivity index (χ3n) is 5.22. The summed E-state index contributed by atoms with van der Waals surface area (Å²) in [5.74, 6) is -0.169. The molecule has 5 nitrogen and oxygen atoms in total. The lowest BCUT2D eigenvalue weighted by Crippen LogP contribution is -2.35. The fourth-order valence-corrected chi connectivity index (χ4v) is 5.62. The number of thiazole rings is 1. The highest BCUT2D eigenvalue weighted by Gasteiger charge is 2.38. The highest BCUT2D eigenvalue weighted by molar-refractivity contribution is 8.01. The van der Waals surface area contributed by atoms with Crippen LogP contribution in [0.15, 0.2) is 38.9 Å². The van der Waals surface area contributed by atoms with Gasteiger partial charge in [0.05, 0.1) is 5.92 Å². The van der Waals surface area contributed by atoms with Crippen LogP contribution in [0.2, 0.25) is 0 Å². The van der Waals surface area contributed by atoms with E-state index < -0.39 is 0 Å². The van der Waals surface area contributed by atoms with E-state index in [0.29, 0.717) is 19.0 Å². The lowest BCUT2D eigenvalue weighted by Gasteiger charge is -2.23. The molecule has 1 atom stereocenters. The summed E-state index contributed by atoms with van der Waals surface area (Å²) < 4.78 is 1.01. The molecule has 7 heteroatoms. The SMILES string of the molecule is Cc1csc(Sc2ccc(NC(=O)C3CC(=O)N(C4CCCC4)C3)cc2)n1. The van der Waals surface area contributed by atoms with Crippen molar-refractivity contribution in [1.82, 2.24) is 9.88 Å². The van der Waals surface area contributed by atoms with Gasteiger partial charge in [-0.2, -0.15) is 0 Å². The topological polar surface area (TPSA) is 62.3 Å². The summed E-state index contributed by atoms with van der Waals surface area (Å²) in [6, 6.07) is 8.14. The number of likely N-dealkylation sites (tertiary alicyclic amines) is 1. The van der Waals surface area contributed by atoms with Crippen molar-refractivity contribution in [1.29, 1.82) is 0 Å². The number of amides is 2. The Balaban J connectivity index is 1.33. The number of aromatic nitrogens is 1. The smallest absolute Gasteiger partial charge is 0.229 e. The van der Waals surface area contributed by atoms with Crippen molar-refractivity contribution in [3.05, 3.63) is 35.3 Å². The molecule has 1 N–H and O–H groups in total. The van der Waals surface area contributed by atoms with Gasteiger partial charge in [0.15, 0.2) is 4.34 Å². The lowest BCUT2D eigenvalue weighted by molar-refractivity contribution is -0.129. The summed E-state index contributed by atoms with van der Waals surface area (Å²) in [5.41, 5.74) is 1.80. The number of aryl methyl sites for hydroxylation is 1. The molecular weight excluding hydrogens is 378 g/mol. The van der Waals surface area contributed by atoms with E-state index >= 15 is 0 Å². The highest BCUT2D eigenvalue weighted by Crippen LogP contribution is 2.32. The van der Waals surface area contributed by atoms with Crippen molar-refractivity contribution in [3.63, 3.8) is 0 Å². The van der Waals surface area contributed by atoms with Gasteiger partial charge in [0, 0.05) is 40.7 Å². The Morgan fingerprint density at radius 2 is 2.00 bits per heavy atom. The van der Waals surface area contributed by atoms with E-state index in [1.165, 1.54) is 12.8 Å². The molecule has 1 unspecified atom stereocenters. The summed E-state index contributed by atoms with van der Waals surface area (Å²) in [4.78, 5) is 32.4. The molecule has 0 radical (unpaired) electrons. The van der Waals surface area contributed by atoms with Crippen LogP contribution >= 0.6 is 23.1 Å². The highest BCUT2D eigenvalue weighted by atomic mass is 32.2. The van der Waals surface area contributed by atoms with Crippen LogP contribution in [0.5, 0.6) is 0 Å². The average Bonchev–Trinajstić information content (AvgIpc) is 3.38. The first kappa shape index (κ1) is 18.5. The van der Waals surface area contributed by atoms with E-state index in [0.717, 1.165) is 33.5 Å². The zero-order valence-corrected chi connectivity index (χ0v) is 16.9. The van der Waals surface area contributed by atoms with Gasteiger partial charge in [-0.1, -0.05) is 24.6 Å². The van der Waals surface area contributed by atoms with Gasteiger partial charge in [-0.15, -0.1) is 11.3 Å². The van der Waals surface area contributed by atoms with Crippen molar-refractivity contribution in [2.24, 2.45) is 5.92 Å². The van der Waals surface area contributed by atoms with Crippen molar-refractivity contribution < 1.29 is 9.59 Å². The van der Waals surface area contributed by atoms with Crippen LogP contribution in [0, 0.1) is 12.8 Å². The van der Waals surface area contributed by atoms with Gasteiger partial charge in [0.2, 0.25) is 11.8 Å². The van der Waals surface area contributed by atoms with Gasteiger partial charge >= 0.3 is 0 Å². The Morgan fingerprint density at radius 3 is 2.67 bits per heavy atom. The molecule has 1 saturated heterocycles. The maximum absolute atomic E-state index is 12.6. The molecule has 1 aliphatic heterocycles. The molecule has 2 aromatic rings. The standard InChI is InChI=1S/C20H23N3O2S2/c1-13-12-26-20(21-13)27-17-8-6-15(7-9-17)22-19(25)14-10-18(24)23(11-14)16-4-2-3-5-16/h6-9,12,14,16H,2-5,10-11H2,1H3,(H,22,25). The quantitative estimate of drug-likeness (QED) is 0.810. The van der Waals surface area contributed by atoms with Crippen molar-refractivity contribution in [3.8, 4) is 0 Å². The number of nitrogens with zero attached hydrogens (tertiary/aromatic N) is 2. The van der Waals surface area contributed by atoms with E-state index in [9.17, 15) is 9.59 Å². The third kappa shape index (κ3) is 4.35. The largest absolute Gasteiger partial charge is 0.339 e. The Labute approximate surface area is 167 Å². The molecule has 0 spiro atoms. The maximum atomic E-state index is 12.6. The van der Waals surface area contributed by atoms with E-state index in [2.05, 4.69) is 10.3 Å². The molecule has 2 fully saturated rings. The first-order valence-corrected chi connectivity index (χ1v) is 11.1. The van der Waals surface area contributed by atoms with Gasteiger partial charge < -0.3 is 10.2 Å². The fraction of sp³-hybridized carbons (Fsp3) is 0.450. The molecule has 142 valence electrons. The third-order valence-corrected chi connectivity index (χ3v) is 7.28. The number of benzene rings is 1. The summed E-state index contributed by atoms with van der Waals surface area (Å²) in [6.45, 7) is 2.55. The van der Waals surface area contributed by atoms with Crippen molar-refractivity contribution in [2.75, 3.05) is 11.9 Å². The van der Waals surface area contributed by atoms with Gasteiger partial charge in [0.25, 0.3) is 0 Å². The molecule has 2 heterocycles. The second-order valence-corrected chi connectivity index (χ2v) is 9.43. The number of nitrogens with one attached hydrogen (secondary N) is 1. The summed E-state index contributed by atoms with van der Waals surface area (Å²) in [5, 5.41) is 5.01. The van der Waals surface area contributed by atoms with Crippen LogP contribution in [0.3, 0.4) is 0 Å². The summed E-state index contributed by atoms with van der Waals surface area (Å²) in [6.07, 6.45) is 4.88. The fourth-order valence-electron chi connectivity index (χ4n) is 3.81. The van der Waals surface area contributed by atoms with Crippen molar-refractivity contribution in [2.45, 2.75) is 54.3 Å². The molecule has 0 bridgehead atoms. The number of anilines is 1. The molecule has 1 saturated carbocycles. The molecule has 2 amide bonds. The second kappa shape index (κ2) is 8.02. The van der Waals surface area contributed by atoms with Gasteiger partial charge in [-0.3, -0.25) is 9.59 Å². The van der Waals surface area contributed by atoms with E-state index in [1.54, 1.807) is 23.1 Å². The first-order valence-electron chi connectivity index (χ1n) is 9.39. The van der Waals surface area contributed by atoms with Crippen LogP contribution in [-0.2, 0) is 9.59 Å². The molecule has 27 heavy (non-hydrogen) atoms. The Morgan fingerprint density at radius 1 is 1.26 bits per heavy atom. The normalized spacial score (nSPS) is 20.4. The predicted octanol–water partition coefficient (Wildman–Crippen LogP) is 4.33. The number of hydrogen-bond acceptors (Lipinski definition) is 5. The predicted molar refractivity (Wildman–Crippen MR) is 108 cm³/mol. The molecule has 2 aliphatic rings. The molecule has 4 rings (SSSR count). The number of rotatable bonds is 5. The molecule has 1 aromatic heterocycles. The maximum Gasteiger partial charge on any atom is 0.229 e. The molecular formula is C20H23N3O2S2. The first-order chi connectivity index (χ1) is 13.1. The van der Waals surface area contributed by atoms with Crippen LogP contribution < -0.4 is 5.32 Å². The number of hydrogen-bond donors (Lipinski definition) is 1. The monoisotopic (exact) mass is 401 g/mol. The average molecular weight is 402 g/mol. The zero-order valence-electron chi connectivity index (χ0n) is 15.3. The van der Waals surface area contributed by atoms with Crippen LogP contribution in [0.1, 0.15) is 37.8 Å². The van der Waals surface area contributed by atoms with E-state index in [1.807, 2.05) is 41.5 Å². The molecule has 1 aromatic carbocycles. The Kier molecular flexibility index (Phi) is 5.50.